The molecule has 188 valence electrons. The van der Waals surface area contributed by atoms with E-state index >= 15 is 0 Å². The van der Waals surface area contributed by atoms with Gasteiger partial charge in [-0.05, 0) is 43.4 Å². The highest BCUT2D eigenvalue weighted by Gasteiger charge is 2.49. The number of carbonyl (C=O) groups excluding carboxylic acids is 3. The topological polar surface area (TPSA) is 105 Å². The Labute approximate surface area is 216 Å². The van der Waals surface area contributed by atoms with Gasteiger partial charge in [-0.15, -0.1) is 0 Å². The van der Waals surface area contributed by atoms with Crippen molar-refractivity contribution in [2.24, 2.45) is 28.0 Å². The first-order valence-corrected chi connectivity index (χ1v) is 12.5. The quantitative estimate of drug-likeness (QED) is 0.553. The molecule has 0 aromatic heterocycles. The number of rotatable bonds is 7. The van der Waals surface area contributed by atoms with Crippen LogP contribution in [0.5, 0.6) is 0 Å². The lowest BCUT2D eigenvalue weighted by molar-refractivity contribution is -0.141. The Morgan fingerprint density at radius 3 is 2.39 bits per heavy atom. The monoisotopic (exact) mass is 506 g/mol. The van der Waals surface area contributed by atoms with Gasteiger partial charge in [0.05, 0.1) is 22.7 Å². The molecule has 8 heteroatoms. The van der Waals surface area contributed by atoms with Crippen molar-refractivity contribution in [3.05, 3.63) is 76.8 Å². The van der Waals surface area contributed by atoms with Crippen molar-refractivity contribution in [1.82, 2.24) is 5.32 Å². The number of para-hydroxylation sites is 1. The van der Waals surface area contributed by atoms with E-state index < -0.39 is 29.3 Å². The number of aliphatic imine (C=N–C) groups is 1. The lowest BCUT2D eigenvalue weighted by Gasteiger charge is -2.35. The van der Waals surface area contributed by atoms with Crippen LogP contribution in [-0.4, -0.2) is 36.6 Å². The molecule has 4 rings (SSSR count). The third-order valence-electron chi connectivity index (χ3n) is 7.05. The first-order chi connectivity index (χ1) is 17.1. The fourth-order valence-electron chi connectivity index (χ4n) is 5.07. The molecule has 1 heterocycles. The summed E-state index contributed by atoms with van der Waals surface area (Å²) in [6, 6.07) is 14.7. The number of amides is 3. The molecule has 0 saturated carbocycles. The van der Waals surface area contributed by atoms with Crippen molar-refractivity contribution < 1.29 is 14.4 Å². The zero-order valence-corrected chi connectivity index (χ0v) is 21.5. The van der Waals surface area contributed by atoms with Gasteiger partial charge in [0.25, 0.3) is 5.91 Å². The molecule has 3 N–H and O–H groups in total. The minimum absolute atomic E-state index is 0.141. The number of benzene rings is 2. The molecule has 2 aromatic rings. The molecule has 0 bridgehead atoms. The number of likely N-dealkylation sites (N-methyl/N-ethyl adjacent to an activating group) is 1. The number of hydrogen-bond acceptors (Lipinski definition) is 4. The highest BCUT2D eigenvalue weighted by molar-refractivity contribution is 6.30. The number of fused-ring (bicyclic) bond motifs is 1. The Morgan fingerprint density at radius 2 is 1.78 bits per heavy atom. The molecule has 0 saturated heterocycles. The lowest BCUT2D eigenvalue weighted by Crippen LogP contribution is -2.53. The molecule has 1 aliphatic carbocycles. The number of carbonyl (C=O) groups is 3. The number of halogens is 1. The summed E-state index contributed by atoms with van der Waals surface area (Å²) in [4.78, 5) is 46.2. The second-order valence-corrected chi connectivity index (χ2v) is 10.3. The van der Waals surface area contributed by atoms with Gasteiger partial charge in [-0.25, -0.2) is 4.99 Å². The fraction of sp³-hybridized carbons (Fsp3) is 0.357. The van der Waals surface area contributed by atoms with E-state index in [0.717, 1.165) is 11.1 Å². The van der Waals surface area contributed by atoms with Gasteiger partial charge >= 0.3 is 0 Å². The maximum absolute atomic E-state index is 13.8. The second-order valence-electron chi connectivity index (χ2n) is 9.89. The van der Waals surface area contributed by atoms with E-state index in [-0.39, 0.29) is 11.8 Å². The number of hydrogen-bond donors (Lipinski definition) is 2. The number of benzodiazepines with no additional fused rings is 1. The summed E-state index contributed by atoms with van der Waals surface area (Å²) in [6.45, 7) is 3.99. The summed E-state index contributed by atoms with van der Waals surface area (Å²) in [6.07, 6.45) is 3.87. The van der Waals surface area contributed by atoms with Crippen molar-refractivity contribution >= 4 is 40.7 Å². The van der Waals surface area contributed by atoms with E-state index in [1.165, 1.54) is 4.90 Å². The number of nitrogens with two attached hydrogens (primary N) is 1. The van der Waals surface area contributed by atoms with Crippen LogP contribution in [0.15, 0.2) is 65.7 Å². The molecule has 3 amide bonds. The highest BCUT2D eigenvalue weighted by Crippen LogP contribution is 2.43. The van der Waals surface area contributed by atoms with Crippen molar-refractivity contribution in [2.45, 2.75) is 39.3 Å². The van der Waals surface area contributed by atoms with Crippen LogP contribution in [0.25, 0.3) is 0 Å². The predicted molar refractivity (Wildman–Crippen MR) is 142 cm³/mol. The molecule has 0 spiro atoms. The molecule has 36 heavy (non-hydrogen) atoms. The molecule has 2 aromatic carbocycles. The van der Waals surface area contributed by atoms with Gasteiger partial charge in [0.15, 0.2) is 0 Å². The molecule has 1 aliphatic heterocycles. The highest BCUT2D eigenvalue weighted by atomic mass is 35.5. The van der Waals surface area contributed by atoms with Crippen LogP contribution in [0.3, 0.4) is 0 Å². The predicted octanol–water partition coefficient (Wildman–Crippen LogP) is 4.08. The molecule has 7 nitrogen and oxygen atoms in total. The van der Waals surface area contributed by atoms with Gasteiger partial charge < -0.3 is 16.0 Å². The summed E-state index contributed by atoms with van der Waals surface area (Å²) >= 11 is 6.10. The maximum Gasteiger partial charge on any atom is 0.272 e. The Balaban J connectivity index is 1.75. The third-order valence-corrected chi connectivity index (χ3v) is 7.30. The van der Waals surface area contributed by atoms with Gasteiger partial charge in [-0.1, -0.05) is 67.9 Å². The Morgan fingerprint density at radius 1 is 1.14 bits per heavy atom. The number of anilines is 1. The van der Waals surface area contributed by atoms with Crippen LogP contribution < -0.4 is 16.0 Å². The van der Waals surface area contributed by atoms with Crippen molar-refractivity contribution in [1.29, 1.82) is 0 Å². The largest absolute Gasteiger partial charge is 0.369 e. The van der Waals surface area contributed by atoms with Crippen LogP contribution in [0.4, 0.5) is 5.69 Å². The van der Waals surface area contributed by atoms with Crippen LogP contribution in [0.1, 0.15) is 44.2 Å². The normalized spacial score (nSPS) is 19.5. The average Bonchev–Trinajstić information content (AvgIpc) is 3.32. The van der Waals surface area contributed by atoms with E-state index in [2.05, 4.69) is 5.32 Å². The van der Waals surface area contributed by atoms with E-state index in [1.807, 2.05) is 62.4 Å². The summed E-state index contributed by atoms with van der Waals surface area (Å²) in [7, 11) is 1.66. The minimum Gasteiger partial charge on any atom is -0.369 e. The van der Waals surface area contributed by atoms with Crippen molar-refractivity contribution in [2.75, 3.05) is 11.9 Å². The molecule has 0 radical (unpaired) electrons. The minimum atomic E-state index is -1.17. The van der Waals surface area contributed by atoms with Crippen LogP contribution in [-0.2, 0) is 14.4 Å². The molecule has 0 fully saturated rings. The SMILES string of the molecule is CC(C)C[C@@H](C(=O)N[C@H]1N=C(c2ccc(Cl)cc2)c2ccccc2N(C)C1=O)C1(C(N)=O)CC=CC1. The molecule has 0 unspecified atom stereocenters. The standard InChI is InChI=1S/C28H31ClN4O3/c1-17(2)16-21(28(27(30)36)14-6-7-15-28)25(34)32-24-26(35)33(3)22-9-5-4-8-20(22)23(31-24)18-10-12-19(29)13-11-18/h4-13,17,21,24H,14-16H2,1-3H3,(H2,30,36)(H,32,34)/t21-,24+/m0/s1. The van der Waals surface area contributed by atoms with Gasteiger partial charge in [0, 0.05) is 23.2 Å². The number of nitrogens with zero attached hydrogens (tertiary/aromatic N) is 2. The molecule has 2 atom stereocenters. The maximum atomic E-state index is 13.8. The van der Waals surface area contributed by atoms with Gasteiger partial charge in [-0.2, -0.15) is 0 Å². The zero-order chi connectivity index (χ0) is 26.0. The average molecular weight is 507 g/mol. The molecular weight excluding hydrogens is 476 g/mol. The van der Waals surface area contributed by atoms with Crippen molar-refractivity contribution in [3.8, 4) is 0 Å². The third kappa shape index (κ3) is 4.80. The number of allylic oxidation sites excluding steroid dienone is 2. The van der Waals surface area contributed by atoms with Gasteiger partial charge in [0.1, 0.15) is 0 Å². The summed E-state index contributed by atoms with van der Waals surface area (Å²) < 4.78 is 0. The van der Waals surface area contributed by atoms with E-state index in [1.54, 1.807) is 19.2 Å². The van der Waals surface area contributed by atoms with Crippen molar-refractivity contribution in [3.63, 3.8) is 0 Å². The van der Waals surface area contributed by atoms with E-state index in [9.17, 15) is 14.4 Å². The fourth-order valence-corrected chi connectivity index (χ4v) is 5.20. The first kappa shape index (κ1) is 25.6. The Hall–Kier alpha value is -3.45. The van der Waals surface area contributed by atoms with Crippen LogP contribution >= 0.6 is 11.6 Å². The van der Waals surface area contributed by atoms with Crippen LogP contribution in [0, 0.1) is 17.3 Å². The summed E-state index contributed by atoms with van der Waals surface area (Å²) in [5.41, 5.74) is 7.61. The first-order valence-electron chi connectivity index (χ1n) is 12.1. The molecular formula is C28H31ClN4O3. The zero-order valence-electron chi connectivity index (χ0n) is 20.7. The smallest absolute Gasteiger partial charge is 0.272 e. The Bertz CT molecular complexity index is 1230. The molecule has 2 aliphatic rings. The second kappa shape index (κ2) is 10.3. The van der Waals surface area contributed by atoms with Gasteiger partial charge in [0.2, 0.25) is 18.0 Å². The van der Waals surface area contributed by atoms with Crippen LogP contribution in [0.2, 0.25) is 5.02 Å². The summed E-state index contributed by atoms with van der Waals surface area (Å²) in [5, 5.41) is 3.45. The lowest BCUT2D eigenvalue weighted by atomic mass is 9.69. The van der Waals surface area contributed by atoms with E-state index in [0.29, 0.717) is 35.7 Å². The Kier molecular flexibility index (Phi) is 7.31. The number of primary amides is 1. The van der Waals surface area contributed by atoms with E-state index in [4.69, 9.17) is 22.3 Å². The van der Waals surface area contributed by atoms with Gasteiger partial charge in [-0.3, -0.25) is 14.4 Å². The summed E-state index contributed by atoms with van der Waals surface area (Å²) in [5.74, 6) is -1.83. The number of nitrogens with one attached hydrogen (secondary N) is 1.